The first-order valence-electron chi connectivity index (χ1n) is 4.99. The molecule has 0 amide bonds. The second kappa shape index (κ2) is 5.06. The summed E-state index contributed by atoms with van der Waals surface area (Å²) >= 11 is 0. The molecule has 2 rings (SSSR count). The second-order valence-corrected chi connectivity index (χ2v) is 4.02. The molecule has 1 saturated carbocycles. The van der Waals surface area contributed by atoms with Gasteiger partial charge in [0.05, 0.1) is 0 Å². The van der Waals surface area contributed by atoms with Crippen molar-refractivity contribution in [3.63, 3.8) is 0 Å². The van der Waals surface area contributed by atoms with Gasteiger partial charge in [-0.05, 0) is 36.5 Å². The Morgan fingerprint density at radius 3 is 2.00 bits per heavy atom. The van der Waals surface area contributed by atoms with Crippen LogP contribution < -0.4 is 5.73 Å². The number of hydrogen-bond donors (Lipinski definition) is 1. The highest BCUT2D eigenvalue weighted by atomic mass is 35.5. The molecular weight excluding hydrogens is 239 g/mol. The molecule has 5 heteroatoms. The third-order valence-corrected chi connectivity index (χ3v) is 3.05. The van der Waals surface area contributed by atoms with Gasteiger partial charge in [-0.2, -0.15) is 0 Å². The molecule has 1 aromatic carbocycles. The van der Waals surface area contributed by atoms with E-state index in [4.69, 9.17) is 5.73 Å². The Morgan fingerprint density at radius 1 is 1.12 bits per heavy atom. The van der Waals surface area contributed by atoms with Crippen molar-refractivity contribution in [2.45, 2.75) is 25.3 Å². The molecule has 2 N–H and O–H groups in total. The zero-order chi connectivity index (χ0) is 11.0. The predicted octanol–water partition coefficient (Wildman–Crippen LogP) is 3.33. The topological polar surface area (TPSA) is 26.0 Å². The molecule has 1 fully saturated rings. The van der Waals surface area contributed by atoms with Crippen LogP contribution in [0.5, 0.6) is 0 Å². The van der Waals surface area contributed by atoms with E-state index in [1.54, 1.807) is 0 Å². The summed E-state index contributed by atoms with van der Waals surface area (Å²) in [5, 5.41) is 0. The summed E-state index contributed by atoms with van der Waals surface area (Å²) in [7, 11) is 0. The number of hydrogen-bond acceptors (Lipinski definition) is 1. The van der Waals surface area contributed by atoms with E-state index in [0.29, 0.717) is 5.56 Å². The first-order chi connectivity index (χ1) is 7.09. The van der Waals surface area contributed by atoms with Gasteiger partial charge in [0.1, 0.15) is 0 Å². The standard InChI is InChI=1S/C11H12F3N.ClH/c12-8-4-7(5-9(13)10(8)14)11(15)6-2-1-3-6;/h4-6,11H,1-3,15H2;1H/t11-;/m1./s1. The average molecular weight is 252 g/mol. The summed E-state index contributed by atoms with van der Waals surface area (Å²) in [4.78, 5) is 0. The molecule has 0 radical (unpaired) electrons. The smallest absolute Gasteiger partial charge is 0.194 e. The maximum Gasteiger partial charge on any atom is 0.194 e. The first kappa shape index (κ1) is 13.3. The van der Waals surface area contributed by atoms with Crippen molar-refractivity contribution in [1.29, 1.82) is 0 Å². The minimum absolute atomic E-state index is 0. The van der Waals surface area contributed by atoms with E-state index in [0.717, 1.165) is 31.4 Å². The van der Waals surface area contributed by atoms with Gasteiger partial charge in [-0.25, -0.2) is 13.2 Å². The van der Waals surface area contributed by atoms with Gasteiger partial charge in [0.2, 0.25) is 0 Å². The maximum absolute atomic E-state index is 12.9. The summed E-state index contributed by atoms with van der Waals surface area (Å²) in [5.74, 6) is -3.49. The number of rotatable bonds is 2. The third-order valence-electron chi connectivity index (χ3n) is 3.05. The van der Waals surface area contributed by atoms with Gasteiger partial charge >= 0.3 is 0 Å². The molecule has 0 bridgehead atoms. The largest absolute Gasteiger partial charge is 0.324 e. The zero-order valence-electron chi connectivity index (χ0n) is 8.55. The van der Waals surface area contributed by atoms with Gasteiger partial charge in [0.25, 0.3) is 0 Å². The Balaban J connectivity index is 0.00000128. The molecule has 1 aromatic rings. The Morgan fingerprint density at radius 2 is 1.62 bits per heavy atom. The molecule has 16 heavy (non-hydrogen) atoms. The van der Waals surface area contributed by atoms with Crippen LogP contribution in [0.3, 0.4) is 0 Å². The van der Waals surface area contributed by atoms with Crippen molar-refractivity contribution in [2.75, 3.05) is 0 Å². The van der Waals surface area contributed by atoms with E-state index < -0.39 is 17.5 Å². The number of halogens is 4. The van der Waals surface area contributed by atoms with Crippen molar-refractivity contribution in [1.82, 2.24) is 0 Å². The summed E-state index contributed by atoms with van der Waals surface area (Å²) in [6, 6.07) is 1.59. The van der Waals surface area contributed by atoms with Gasteiger partial charge < -0.3 is 5.73 Å². The Bertz CT molecular complexity index is 356. The van der Waals surface area contributed by atoms with E-state index in [9.17, 15) is 13.2 Å². The third kappa shape index (κ3) is 2.33. The van der Waals surface area contributed by atoms with Crippen LogP contribution in [0, 0.1) is 23.4 Å². The van der Waals surface area contributed by atoms with Crippen molar-refractivity contribution in [3.8, 4) is 0 Å². The normalized spacial score (nSPS) is 17.5. The predicted molar refractivity (Wildman–Crippen MR) is 57.8 cm³/mol. The first-order valence-corrected chi connectivity index (χ1v) is 4.99. The van der Waals surface area contributed by atoms with Crippen LogP contribution in [0.2, 0.25) is 0 Å². The highest BCUT2D eigenvalue weighted by molar-refractivity contribution is 5.85. The summed E-state index contributed by atoms with van der Waals surface area (Å²) in [6.07, 6.45) is 3.05. The van der Waals surface area contributed by atoms with Crippen molar-refractivity contribution in [2.24, 2.45) is 11.7 Å². The lowest BCUT2D eigenvalue weighted by Gasteiger charge is -2.31. The van der Waals surface area contributed by atoms with Crippen LogP contribution in [-0.2, 0) is 0 Å². The van der Waals surface area contributed by atoms with Gasteiger partial charge in [-0.1, -0.05) is 6.42 Å². The molecule has 90 valence electrons. The fourth-order valence-corrected chi connectivity index (χ4v) is 1.84. The molecule has 0 heterocycles. The second-order valence-electron chi connectivity index (χ2n) is 4.02. The molecule has 0 aromatic heterocycles. The minimum Gasteiger partial charge on any atom is -0.324 e. The lowest BCUT2D eigenvalue weighted by molar-refractivity contribution is 0.263. The van der Waals surface area contributed by atoms with Gasteiger partial charge in [-0.15, -0.1) is 12.4 Å². The monoisotopic (exact) mass is 251 g/mol. The van der Waals surface area contributed by atoms with Crippen molar-refractivity contribution < 1.29 is 13.2 Å². The van der Waals surface area contributed by atoms with Crippen LogP contribution in [0.1, 0.15) is 30.9 Å². The SMILES string of the molecule is Cl.N[C@@H](c1cc(F)c(F)c(F)c1)C1CCC1. The number of nitrogens with two attached hydrogens (primary N) is 1. The lowest BCUT2D eigenvalue weighted by Crippen LogP contribution is -2.27. The van der Waals surface area contributed by atoms with Crippen LogP contribution in [-0.4, -0.2) is 0 Å². The molecule has 0 saturated heterocycles. The lowest BCUT2D eigenvalue weighted by atomic mass is 9.77. The van der Waals surface area contributed by atoms with Crippen LogP contribution in [0.25, 0.3) is 0 Å². The molecule has 1 aliphatic rings. The van der Waals surface area contributed by atoms with Crippen LogP contribution in [0.15, 0.2) is 12.1 Å². The molecular formula is C11H13ClF3N. The molecule has 0 spiro atoms. The molecule has 1 nitrogen and oxygen atoms in total. The van der Waals surface area contributed by atoms with Gasteiger partial charge in [0.15, 0.2) is 17.5 Å². The van der Waals surface area contributed by atoms with Crippen molar-refractivity contribution >= 4 is 12.4 Å². The van der Waals surface area contributed by atoms with Crippen LogP contribution >= 0.6 is 12.4 Å². The number of benzene rings is 1. The molecule has 1 aliphatic carbocycles. The van der Waals surface area contributed by atoms with E-state index in [1.807, 2.05) is 0 Å². The fraction of sp³-hybridized carbons (Fsp3) is 0.455. The maximum atomic E-state index is 12.9. The summed E-state index contributed by atoms with van der Waals surface area (Å²) < 4.78 is 38.5. The van der Waals surface area contributed by atoms with Gasteiger partial charge in [-0.3, -0.25) is 0 Å². The van der Waals surface area contributed by atoms with E-state index in [-0.39, 0.29) is 24.4 Å². The minimum atomic E-state index is -1.43. The van der Waals surface area contributed by atoms with Crippen LogP contribution in [0.4, 0.5) is 13.2 Å². The highest BCUT2D eigenvalue weighted by Crippen LogP contribution is 2.36. The molecule has 0 unspecified atom stereocenters. The Hall–Kier alpha value is -0.740. The van der Waals surface area contributed by atoms with Crippen molar-refractivity contribution in [3.05, 3.63) is 35.1 Å². The quantitative estimate of drug-likeness (QED) is 0.802. The van der Waals surface area contributed by atoms with Gasteiger partial charge in [0, 0.05) is 6.04 Å². The summed E-state index contributed by atoms with van der Waals surface area (Å²) in [5.41, 5.74) is 6.18. The Kier molecular flexibility index (Phi) is 4.21. The molecule has 1 atom stereocenters. The summed E-state index contributed by atoms with van der Waals surface area (Å²) in [6.45, 7) is 0. The highest BCUT2D eigenvalue weighted by Gasteiger charge is 2.26. The fourth-order valence-electron chi connectivity index (χ4n) is 1.84. The van der Waals surface area contributed by atoms with E-state index >= 15 is 0 Å². The van der Waals surface area contributed by atoms with E-state index in [2.05, 4.69) is 0 Å². The Labute approximate surface area is 98.2 Å². The zero-order valence-corrected chi connectivity index (χ0v) is 9.37. The average Bonchev–Trinajstić information content (AvgIpc) is 2.10. The molecule has 0 aliphatic heterocycles. The van der Waals surface area contributed by atoms with E-state index in [1.165, 1.54) is 0 Å².